The van der Waals surface area contributed by atoms with Crippen LogP contribution in [0.5, 0.6) is 0 Å². The summed E-state index contributed by atoms with van der Waals surface area (Å²) in [6, 6.07) is 13.4. The van der Waals surface area contributed by atoms with Crippen LogP contribution in [0.4, 0.5) is 18.9 Å². The van der Waals surface area contributed by atoms with E-state index >= 15 is 0 Å². The number of rotatable bonds is 1. The van der Waals surface area contributed by atoms with Gasteiger partial charge in [-0.2, -0.15) is 17.7 Å². The van der Waals surface area contributed by atoms with Gasteiger partial charge in [-0.3, -0.25) is 0 Å². The van der Waals surface area contributed by atoms with Crippen molar-refractivity contribution in [1.29, 1.82) is 0 Å². The van der Waals surface area contributed by atoms with E-state index in [2.05, 4.69) is 6.07 Å². The van der Waals surface area contributed by atoms with E-state index in [1.54, 1.807) is 6.07 Å². The van der Waals surface area contributed by atoms with Crippen LogP contribution in [0.2, 0.25) is 0 Å². The van der Waals surface area contributed by atoms with Crippen molar-refractivity contribution in [1.82, 2.24) is 0 Å². The van der Waals surface area contributed by atoms with Crippen molar-refractivity contribution in [2.75, 3.05) is 6.54 Å². The van der Waals surface area contributed by atoms with Crippen LogP contribution in [0.15, 0.2) is 48.5 Å². The summed E-state index contributed by atoms with van der Waals surface area (Å²) >= 11 is 0. The van der Waals surface area contributed by atoms with Gasteiger partial charge in [-0.25, -0.2) is 0 Å². The van der Waals surface area contributed by atoms with Gasteiger partial charge >= 0.3 is 6.18 Å². The fourth-order valence-electron chi connectivity index (χ4n) is 2.43. The number of hydrogen-bond donors (Lipinski definition) is 0. The second-order valence-corrected chi connectivity index (χ2v) is 4.82. The van der Waals surface area contributed by atoms with Crippen LogP contribution in [0.1, 0.15) is 16.7 Å². The first kappa shape index (κ1) is 12.9. The molecule has 0 radical (unpaired) electrons. The first-order valence-electron chi connectivity index (χ1n) is 6.41. The maximum atomic E-state index is 12.7. The molecule has 0 saturated carbocycles. The Hall–Kier alpha value is -2.10. The van der Waals surface area contributed by atoms with Gasteiger partial charge in [0.25, 0.3) is 0 Å². The molecule has 2 aromatic carbocycles. The number of fused-ring (bicyclic) bond motifs is 1. The Morgan fingerprint density at radius 2 is 1.75 bits per heavy atom. The van der Waals surface area contributed by atoms with E-state index in [0.717, 1.165) is 18.1 Å². The molecule has 4 heteroatoms. The molecule has 0 saturated heterocycles. The molecule has 20 heavy (non-hydrogen) atoms. The molecule has 0 aliphatic carbocycles. The fourth-order valence-corrected chi connectivity index (χ4v) is 2.43. The van der Waals surface area contributed by atoms with Crippen molar-refractivity contribution in [3.8, 4) is 0 Å². The third kappa shape index (κ3) is 2.46. The van der Waals surface area contributed by atoms with E-state index in [4.69, 9.17) is 0 Å². The Morgan fingerprint density at radius 3 is 2.55 bits per heavy atom. The Balaban J connectivity index is 2.01. The fraction of sp³-hybridized carbons (Fsp3) is 0.188. The van der Waals surface area contributed by atoms with Crippen LogP contribution in [0.25, 0.3) is 0 Å². The summed E-state index contributed by atoms with van der Waals surface area (Å²) in [5.74, 6) is 0. The highest BCUT2D eigenvalue weighted by Gasteiger charge is 2.31. The Kier molecular flexibility index (Phi) is 3.08. The first-order chi connectivity index (χ1) is 9.54. The van der Waals surface area contributed by atoms with Gasteiger partial charge < -0.3 is 0 Å². The lowest BCUT2D eigenvalue weighted by molar-refractivity contribution is -0.436. The Morgan fingerprint density at radius 1 is 0.950 bits per heavy atom. The highest BCUT2D eigenvalue weighted by molar-refractivity contribution is 5.79. The molecule has 0 amide bonds. The molecule has 0 bridgehead atoms. The Labute approximate surface area is 115 Å². The number of alkyl halides is 3. The highest BCUT2D eigenvalue weighted by atomic mass is 19.4. The van der Waals surface area contributed by atoms with Crippen molar-refractivity contribution >= 4 is 11.9 Å². The van der Waals surface area contributed by atoms with Gasteiger partial charge in [-0.05, 0) is 17.7 Å². The van der Waals surface area contributed by atoms with Crippen molar-refractivity contribution < 1.29 is 17.7 Å². The van der Waals surface area contributed by atoms with Crippen LogP contribution in [0.3, 0.4) is 0 Å². The monoisotopic (exact) mass is 276 g/mol. The third-order valence-corrected chi connectivity index (χ3v) is 3.48. The lowest BCUT2D eigenvalue weighted by Gasteiger charge is -2.13. The largest absolute Gasteiger partial charge is 0.416 e. The average molecular weight is 276 g/mol. The second kappa shape index (κ2) is 4.78. The van der Waals surface area contributed by atoms with E-state index in [1.807, 2.05) is 29.0 Å². The van der Waals surface area contributed by atoms with Gasteiger partial charge in [-0.15, -0.1) is 0 Å². The predicted molar refractivity (Wildman–Crippen MR) is 71.5 cm³/mol. The summed E-state index contributed by atoms with van der Waals surface area (Å²) in [6.45, 7) is 0.693. The van der Waals surface area contributed by atoms with E-state index in [0.29, 0.717) is 12.2 Å². The maximum absolute atomic E-state index is 12.7. The molecule has 0 unspecified atom stereocenters. The molecule has 1 heterocycles. The molecule has 0 fully saturated rings. The van der Waals surface area contributed by atoms with Crippen molar-refractivity contribution in [2.24, 2.45) is 0 Å². The van der Waals surface area contributed by atoms with Gasteiger partial charge in [0, 0.05) is 24.1 Å². The minimum atomic E-state index is -4.30. The van der Waals surface area contributed by atoms with Crippen LogP contribution < -0.4 is 0 Å². The molecule has 2 aromatic rings. The molecule has 1 nitrogen and oxygen atoms in total. The normalized spacial score (nSPS) is 14.7. The highest BCUT2D eigenvalue weighted by Crippen LogP contribution is 2.31. The number of halogens is 3. The van der Waals surface area contributed by atoms with Gasteiger partial charge in [0.1, 0.15) is 0 Å². The number of benzene rings is 2. The zero-order valence-corrected chi connectivity index (χ0v) is 10.7. The summed E-state index contributed by atoms with van der Waals surface area (Å²) < 4.78 is 40.1. The molecule has 0 spiro atoms. The predicted octanol–water partition coefficient (Wildman–Crippen LogP) is 4.02. The molecule has 0 aromatic heterocycles. The summed E-state index contributed by atoms with van der Waals surface area (Å²) in [5.41, 5.74) is 2.27. The first-order valence-corrected chi connectivity index (χ1v) is 6.41. The molecule has 1 aliphatic rings. The lowest BCUT2D eigenvalue weighted by Crippen LogP contribution is -2.19. The quantitative estimate of drug-likeness (QED) is 0.692. The number of nitrogens with zero attached hydrogens (tertiary/aromatic N) is 1. The van der Waals surface area contributed by atoms with Crippen molar-refractivity contribution in [3.05, 3.63) is 65.2 Å². The summed E-state index contributed by atoms with van der Waals surface area (Å²) in [5, 5.41) is 0. The standard InChI is InChI=1S/C16H13F3N/c17-16(18,19)14-6-3-7-15(10-14)20-9-8-12-4-1-2-5-13(12)11-20/h1-7,10-11H,8-9H2/q+1. The van der Waals surface area contributed by atoms with Crippen molar-refractivity contribution in [3.63, 3.8) is 0 Å². The van der Waals surface area contributed by atoms with Gasteiger partial charge in [0.2, 0.25) is 5.69 Å². The smallest absolute Gasteiger partial charge is 0.198 e. The average Bonchev–Trinajstić information content (AvgIpc) is 2.46. The lowest BCUT2D eigenvalue weighted by atomic mass is 10.0. The van der Waals surface area contributed by atoms with E-state index in [1.165, 1.54) is 17.7 Å². The minimum Gasteiger partial charge on any atom is -0.198 e. The second-order valence-electron chi connectivity index (χ2n) is 4.82. The van der Waals surface area contributed by atoms with Crippen LogP contribution in [0, 0.1) is 0 Å². The van der Waals surface area contributed by atoms with Crippen LogP contribution in [-0.2, 0) is 12.6 Å². The van der Waals surface area contributed by atoms with Gasteiger partial charge in [0.05, 0.1) is 5.56 Å². The molecule has 102 valence electrons. The minimum absolute atomic E-state index is 0.578. The third-order valence-electron chi connectivity index (χ3n) is 3.48. The summed E-state index contributed by atoms with van der Waals surface area (Å²) in [4.78, 5) is 0. The van der Waals surface area contributed by atoms with Gasteiger partial charge in [0.15, 0.2) is 12.8 Å². The summed E-state index contributed by atoms with van der Waals surface area (Å²) in [6.07, 6.45) is -1.55. The number of hydrogen-bond acceptors (Lipinski definition) is 0. The SMILES string of the molecule is FC(F)(F)c1cccc([N+]2=Cc3ccccc3CC2)c1. The van der Waals surface area contributed by atoms with E-state index in [-0.39, 0.29) is 0 Å². The zero-order valence-electron chi connectivity index (χ0n) is 10.7. The maximum Gasteiger partial charge on any atom is 0.416 e. The van der Waals surface area contributed by atoms with E-state index in [9.17, 15) is 13.2 Å². The molecule has 0 N–H and O–H groups in total. The Bertz CT molecular complexity index is 671. The molecule has 1 aliphatic heterocycles. The molecule has 0 atom stereocenters. The molecular formula is C16H13F3N+. The van der Waals surface area contributed by atoms with Crippen LogP contribution >= 0.6 is 0 Å². The van der Waals surface area contributed by atoms with Gasteiger partial charge in [-0.1, -0.05) is 24.3 Å². The van der Waals surface area contributed by atoms with E-state index < -0.39 is 11.7 Å². The van der Waals surface area contributed by atoms with Crippen LogP contribution in [-0.4, -0.2) is 17.3 Å². The topological polar surface area (TPSA) is 3.01 Å². The molecular weight excluding hydrogens is 263 g/mol. The van der Waals surface area contributed by atoms with Crippen molar-refractivity contribution in [2.45, 2.75) is 12.6 Å². The zero-order chi connectivity index (χ0) is 14.2. The summed E-state index contributed by atoms with van der Waals surface area (Å²) in [7, 11) is 0. The molecule has 3 rings (SSSR count).